The van der Waals surface area contributed by atoms with E-state index in [1.165, 1.54) is 7.11 Å². The lowest BCUT2D eigenvalue weighted by Crippen LogP contribution is -2.47. The third-order valence-electron chi connectivity index (χ3n) is 4.38. The molecule has 0 aromatic rings. The summed E-state index contributed by atoms with van der Waals surface area (Å²) in [6, 6.07) is 0.184. The normalized spacial score (nSPS) is 32.6. The molecule has 0 aromatic carbocycles. The van der Waals surface area contributed by atoms with Crippen LogP contribution in [0.1, 0.15) is 46.0 Å². The molecule has 114 valence electrons. The zero-order chi connectivity index (χ0) is 14.8. The minimum atomic E-state index is -0.188. The first kappa shape index (κ1) is 15.3. The fraction of sp³-hybridized carbons (Fsp3) is 0.867. The van der Waals surface area contributed by atoms with Gasteiger partial charge in [0.25, 0.3) is 0 Å². The molecule has 0 radical (unpaired) electrons. The summed E-state index contributed by atoms with van der Waals surface area (Å²) in [4.78, 5) is 23.8. The van der Waals surface area contributed by atoms with Crippen molar-refractivity contribution in [2.45, 2.75) is 57.6 Å². The molecule has 1 N–H and O–H groups in total. The highest BCUT2D eigenvalue weighted by atomic mass is 16.5. The van der Waals surface area contributed by atoms with Crippen LogP contribution in [0, 0.1) is 11.8 Å². The highest BCUT2D eigenvalue weighted by Gasteiger charge is 2.36. The van der Waals surface area contributed by atoms with Crippen molar-refractivity contribution in [3.63, 3.8) is 0 Å². The number of esters is 1. The van der Waals surface area contributed by atoms with Gasteiger partial charge in [-0.1, -0.05) is 0 Å². The lowest BCUT2D eigenvalue weighted by molar-refractivity contribution is -0.145. The first-order valence-corrected chi connectivity index (χ1v) is 7.43. The van der Waals surface area contributed by atoms with Gasteiger partial charge >= 0.3 is 5.97 Å². The van der Waals surface area contributed by atoms with Crippen molar-refractivity contribution in [2.24, 2.45) is 11.8 Å². The molecule has 0 spiro atoms. The van der Waals surface area contributed by atoms with Gasteiger partial charge in [0.2, 0.25) is 5.91 Å². The van der Waals surface area contributed by atoms with Gasteiger partial charge in [0, 0.05) is 18.6 Å². The second-order valence-electron chi connectivity index (χ2n) is 6.54. The SMILES string of the molecule is COC(=O)[C@@H]1CC[C@H](C(=O)N[C@@H]2CCOC(C)(C)C2)C1. The van der Waals surface area contributed by atoms with Crippen LogP contribution in [-0.2, 0) is 19.1 Å². The quantitative estimate of drug-likeness (QED) is 0.800. The third kappa shape index (κ3) is 3.72. The second-order valence-corrected chi connectivity index (χ2v) is 6.54. The van der Waals surface area contributed by atoms with Crippen LogP contribution in [0.4, 0.5) is 0 Å². The fourth-order valence-electron chi connectivity index (χ4n) is 3.27. The molecule has 1 aliphatic carbocycles. The van der Waals surface area contributed by atoms with Gasteiger partial charge in [0.1, 0.15) is 0 Å². The van der Waals surface area contributed by atoms with Crippen LogP contribution in [0.15, 0.2) is 0 Å². The van der Waals surface area contributed by atoms with Crippen LogP contribution >= 0.6 is 0 Å². The first-order chi connectivity index (χ1) is 9.41. The summed E-state index contributed by atoms with van der Waals surface area (Å²) in [6.07, 6.45) is 3.85. The number of carbonyl (C=O) groups is 2. The third-order valence-corrected chi connectivity index (χ3v) is 4.38. The number of rotatable bonds is 3. The Labute approximate surface area is 120 Å². The molecule has 1 saturated carbocycles. The van der Waals surface area contributed by atoms with Crippen molar-refractivity contribution < 1.29 is 19.1 Å². The number of methoxy groups -OCH3 is 1. The molecule has 20 heavy (non-hydrogen) atoms. The molecule has 0 aromatic heterocycles. The average molecular weight is 283 g/mol. The van der Waals surface area contributed by atoms with E-state index in [-0.39, 0.29) is 35.4 Å². The summed E-state index contributed by atoms with van der Waals surface area (Å²) < 4.78 is 10.4. The Hall–Kier alpha value is -1.10. The molecule has 1 heterocycles. The van der Waals surface area contributed by atoms with Crippen molar-refractivity contribution in [1.29, 1.82) is 0 Å². The number of nitrogens with one attached hydrogen (secondary N) is 1. The van der Waals surface area contributed by atoms with E-state index >= 15 is 0 Å². The van der Waals surface area contributed by atoms with E-state index < -0.39 is 0 Å². The Balaban J connectivity index is 1.82. The molecule has 2 fully saturated rings. The Morgan fingerprint density at radius 3 is 2.55 bits per heavy atom. The van der Waals surface area contributed by atoms with Gasteiger partial charge in [-0.2, -0.15) is 0 Å². The second kappa shape index (κ2) is 6.12. The monoisotopic (exact) mass is 283 g/mol. The van der Waals surface area contributed by atoms with Crippen molar-refractivity contribution >= 4 is 11.9 Å². The summed E-state index contributed by atoms with van der Waals surface area (Å²) in [5.74, 6) is -0.265. The van der Waals surface area contributed by atoms with Gasteiger partial charge in [-0.25, -0.2) is 0 Å². The van der Waals surface area contributed by atoms with Crippen LogP contribution in [-0.4, -0.2) is 37.2 Å². The van der Waals surface area contributed by atoms with Crippen LogP contribution in [0.2, 0.25) is 0 Å². The van der Waals surface area contributed by atoms with Crippen LogP contribution in [0.5, 0.6) is 0 Å². The molecule has 5 heteroatoms. The van der Waals surface area contributed by atoms with Gasteiger partial charge in [-0.3, -0.25) is 9.59 Å². The predicted octanol–water partition coefficient (Wildman–Crippen LogP) is 1.65. The Kier molecular flexibility index (Phi) is 4.68. The fourth-order valence-corrected chi connectivity index (χ4v) is 3.27. The number of carbonyl (C=O) groups excluding carboxylic acids is 2. The molecular weight excluding hydrogens is 258 g/mol. The minimum absolute atomic E-state index is 0.0509. The van der Waals surface area contributed by atoms with Gasteiger partial charge in [0.05, 0.1) is 18.6 Å². The maximum absolute atomic E-state index is 12.3. The first-order valence-electron chi connectivity index (χ1n) is 7.43. The van der Waals surface area contributed by atoms with Crippen molar-refractivity contribution in [1.82, 2.24) is 5.32 Å². The van der Waals surface area contributed by atoms with E-state index in [2.05, 4.69) is 5.32 Å². The van der Waals surface area contributed by atoms with Crippen LogP contribution in [0.25, 0.3) is 0 Å². The molecule has 2 aliphatic rings. The topological polar surface area (TPSA) is 64.6 Å². The number of ether oxygens (including phenoxy) is 2. The summed E-state index contributed by atoms with van der Waals surface area (Å²) in [7, 11) is 1.40. The minimum Gasteiger partial charge on any atom is -0.469 e. The number of amides is 1. The highest BCUT2D eigenvalue weighted by Crippen LogP contribution is 2.32. The molecule has 0 unspecified atom stereocenters. The Morgan fingerprint density at radius 2 is 1.90 bits per heavy atom. The van der Waals surface area contributed by atoms with E-state index in [1.807, 2.05) is 13.8 Å². The lowest BCUT2D eigenvalue weighted by atomic mass is 9.93. The molecule has 0 bridgehead atoms. The molecule has 1 saturated heterocycles. The molecule has 5 nitrogen and oxygen atoms in total. The van der Waals surface area contributed by atoms with Gasteiger partial charge in [0.15, 0.2) is 0 Å². The zero-order valence-electron chi connectivity index (χ0n) is 12.6. The van der Waals surface area contributed by atoms with E-state index in [0.29, 0.717) is 13.0 Å². The zero-order valence-corrected chi connectivity index (χ0v) is 12.6. The summed E-state index contributed by atoms with van der Waals surface area (Å²) >= 11 is 0. The van der Waals surface area contributed by atoms with E-state index in [4.69, 9.17) is 9.47 Å². The Bertz CT molecular complexity index is 380. The summed E-state index contributed by atoms with van der Waals surface area (Å²) in [5, 5.41) is 3.12. The van der Waals surface area contributed by atoms with Crippen molar-refractivity contribution in [3.05, 3.63) is 0 Å². The van der Waals surface area contributed by atoms with E-state index in [0.717, 1.165) is 25.7 Å². The van der Waals surface area contributed by atoms with Gasteiger partial charge < -0.3 is 14.8 Å². The maximum Gasteiger partial charge on any atom is 0.308 e. The maximum atomic E-state index is 12.3. The van der Waals surface area contributed by atoms with Crippen molar-refractivity contribution in [3.8, 4) is 0 Å². The van der Waals surface area contributed by atoms with Gasteiger partial charge in [-0.15, -0.1) is 0 Å². The highest BCUT2D eigenvalue weighted by molar-refractivity contribution is 5.81. The molecular formula is C15H25NO4. The number of hydrogen-bond acceptors (Lipinski definition) is 4. The molecule has 1 aliphatic heterocycles. The predicted molar refractivity (Wildman–Crippen MR) is 74.0 cm³/mol. The standard InChI is InChI=1S/C15H25NO4/c1-15(2)9-12(6-7-20-15)16-13(17)10-4-5-11(8-10)14(18)19-3/h10-12H,4-9H2,1-3H3,(H,16,17)/t10-,11+,12+/m0/s1. The lowest BCUT2D eigenvalue weighted by Gasteiger charge is -2.36. The Morgan fingerprint density at radius 1 is 1.20 bits per heavy atom. The summed E-state index contributed by atoms with van der Waals surface area (Å²) in [6.45, 7) is 4.79. The molecule has 3 atom stereocenters. The molecule has 1 amide bonds. The van der Waals surface area contributed by atoms with E-state index in [1.54, 1.807) is 0 Å². The summed E-state index contributed by atoms with van der Waals surface area (Å²) in [5.41, 5.74) is -0.166. The van der Waals surface area contributed by atoms with E-state index in [9.17, 15) is 9.59 Å². The smallest absolute Gasteiger partial charge is 0.308 e. The van der Waals surface area contributed by atoms with Crippen LogP contribution < -0.4 is 5.32 Å². The van der Waals surface area contributed by atoms with Crippen LogP contribution in [0.3, 0.4) is 0 Å². The largest absolute Gasteiger partial charge is 0.469 e. The van der Waals surface area contributed by atoms with Crippen molar-refractivity contribution in [2.75, 3.05) is 13.7 Å². The molecule has 2 rings (SSSR count). The van der Waals surface area contributed by atoms with Gasteiger partial charge in [-0.05, 0) is 46.0 Å². The average Bonchev–Trinajstić information content (AvgIpc) is 2.86. The number of hydrogen-bond donors (Lipinski definition) is 1.